The van der Waals surface area contributed by atoms with Crippen LogP contribution in [-0.2, 0) is 10.0 Å². The molecule has 2 N–H and O–H groups in total. The fourth-order valence-electron chi connectivity index (χ4n) is 2.82. The van der Waals surface area contributed by atoms with Crippen molar-refractivity contribution in [1.29, 1.82) is 5.26 Å². The van der Waals surface area contributed by atoms with Crippen molar-refractivity contribution in [3.8, 4) is 17.5 Å². The molecule has 8 heteroatoms. The quantitative estimate of drug-likeness (QED) is 0.517. The molecule has 0 unspecified atom stereocenters. The monoisotopic (exact) mass is 408 g/mol. The van der Waals surface area contributed by atoms with E-state index in [1.54, 1.807) is 12.1 Å². The summed E-state index contributed by atoms with van der Waals surface area (Å²) in [6.45, 7) is 0. The zero-order chi connectivity index (χ0) is 19.7. The van der Waals surface area contributed by atoms with Crippen LogP contribution >= 0.6 is 11.6 Å². The number of sulfonamides is 1. The molecule has 4 aromatic rings. The second-order valence-electron chi connectivity index (χ2n) is 6.01. The van der Waals surface area contributed by atoms with Crippen LogP contribution in [0, 0.1) is 11.3 Å². The van der Waals surface area contributed by atoms with E-state index in [0.29, 0.717) is 16.9 Å². The van der Waals surface area contributed by atoms with Gasteiger partial charge in [-0.25, -0.2) is 13.4 Å². The molecule has 3 aromatic carbocycles. The molecule has 1 heterocycles. The maximum atomic E-state index is 12.8. The van der Waals surface area contributed by atoms with Gasteiger partial charge in [0, 0.05) is 5.56 Å². The second-order valence-corrected chi connectivity index (χ2v) is 8.10. The SMILES string of the molecule is N#Cc1c(Cl)cccc1NS(=O)(=O)c1ccc2nc(-c3ccccc3)[nH]c2c1. The average molecular weight is 409 g/mol. The van der Waals surface area contributed by atoms with Crippen LogP contribution in [-0.4, -0.2) is 18.4 Å². The Labute approximate surface area is 166 Å². The Balaban J connectivity index is 1.72. The minimum absolute atomic E-state index is 0.0483. The molecule has 0 atom stereocenters. The average Bonchev–Trinajstić information content (AvgIpc) is 3.12. The molecule has 0 bridgehead atoms. The Morgan fingerprint density at radius 1 is 1.04 bits per heavy atom. The summed E-state index contributed by atoms with van der Waals surface area (Å²) in [7, 11) is -3.92. The molecule has 28 heavy (non-hydrogen) atoms. The number of imidazole rings is 1. The van der Waals surface area contributed by atoms with Gasteiger partial charge in [0.2, 0.25) is 0 Å². The Kier molecular flexibility index (Phi) is 4.51. The number of fused-ring (bicyclic) bond motifs is 1. The first-order chi connectivity index (χ1) is 13.5. The van der Waals surface area contributed by atoms with Gasteiger partial charge in [0.1, 0.15) is 11.9 Å². The lowest BCUT2D eigenvalue weighted by Gasteiger charge is -2.10. The molecule has 0 fully saturated rings. The van der Waals surface area contributed by atoms with E-state index in [4.69, 9.17) is 11.6 Å². The number of H-pyrrole nitrogens is 1. The van der Waals surface area contributed by atoms with E-state index < -0.39 is 10.0 Å². The summed E-state index contributed by atoms with van der Waals surface area (Å²) in [5.74, 6) is 0.653. The maximum Gasteiger partial charge on any atom is 0.262 e. The number of halogens is 1. The van der Waals surface area contributed by atoms with Crippen LogP contribution in [0.5, 0.6) is 0 Å². The Morgan fingerprint density at radius 2 is 1.82 bits per heavy atom. The summed E-state index contributed by atoms with van der Waals surface area (Å²) in [5.41, 5.74) is 2.34. The molecule has 0 amide bonds. The predicted molar refractivity (Wildman–Crippen MR) is 109 cm³/mol. The largest absolute Gasteiger partial charge is 0.338 e. The lowest BCUT2D eigenvalue weighted by Crippen LogP contribution is -2.14. The van der Waals surface area contributed by atoms with Crippen LogP contribution in [0.2, 0.25) is 5.02 Å². The number of rotatable bonds is 4. The predicted octanol–water partition coefficient (Wildman–Crippen LogP) is 4.56. The minimum atomic E-state index is -3.92. The summed E-state index contributed by atoms with van der Waals surface area (Å²) >= 11 is 5.97. The highest BCUT2D eigenvalue weighted by molar-refractivity contribution is 7.92. The summed E-state index contributed by atoms with van der Waals surface area (Å²) in [5, 5.41) is 9.42. The smallest absolute Gasteiger partial charge is 0.262 e. The highest BCUT2D eigenvalue weighted by Crippen LogP contribution is 2.27. The summed E-state index contributed by atoms with van der Waals surface area (Å²) in [6.07, 6.45) is 0. The molecule has 138 valence electrons. The van der Waals surface area contributed by atoms with Gasteiger partial charge in [-0.2, -0.15) is 5.26 Å². The third-order valence-electron chi connectivity index (χ3n) is 4.18. The van der Waals surface area contributed by atoms with Crippen LogP contribution in [0.3, 0.4) is 0 Å². The number of benzene rings is 3. The normalized spacial score (nSPS) is 11.3. The molecule has 6 nitrogen and oxygen atoms in total. The Morgan fingerprint density at radius 3 is 2.57 bits per heavy atom. The minimum Gasteiger partial charge on any atom is -0.338 e. The third-order valence-corrected chi connectivity index (χ3v) is 5.86. The molecule has 0 spiro atoms. The van der Waals surface area contributed by atoms with Gasteiger partial charge in [0.25, 0.3) is 10.0 Å². The highest BCUT2D eigenvalue weighted by atomic mass is 35.5. The number of hydrogen-bond donors (Lipinski definition) is 2. The zero-order valence-corrected chi connectivity index (χ0v) is 15.9. The number of nitrogens with one attached hydrogen (secondary N) is 2. The van der Waals surface area contributed by atoms with Crippen LogP contribution in [0.15, 0.2) is 71.6 Å². The first-order valence-corrected chi connectivity index (χ1v) is 10.1. The van der Waals surface area contributed by atoms with Crippen molar-refractivity contribution >= 4 is 38.3 Å². The molecule has 0 saturated carbocycles. The van der Waals surface area contributed by atoms with Crippen LogP contribution in [0.25, 0.3) is 22.4 Å². The van der Waals surface area contributed by atoms with Crippen LogP contribution < -0.4 is 4.72 Å². The van der Waals surface area contributed by atoms with Gasteiger partial charge in [-0.1, -0.05) is 48.0 Å². The van der Waals surface area contributed by atoms with Gasteiger partial charge in [0.05, 0.1) is 32.2 Å². The van der Waals surface area contributed by atoms with Gasteiger partial charge in [-0.15, -0.1) is 0 Å². The van der Waals surface area contributed by atoms with Crippen molar-refractivity contribution in [2.24, 2.45) is 0 Å². The number of aromatic nitrogens is 2. The highest BCUT2D eigenvalue weighted by Gasteiger charge is 2.18. The lowest BCUT2D eigenvalue weighted by molar-refractivity contribution is 0.601. The number of nitrogens with zero attached hydrogens (tertiary/aromatic N) is 2. The zero-order valence-electron chi connectivity index (χ0n) is 14.3. The fourth-order valence-corrected chi connectivity index (χ4v) is 4.13. The first kappa shape index (κ1) is 18.0. The van der Waals surface area contributed by atoms with Crippen molar-refractivity contribution in [2.75, 3.05) is 4.72 Å². The second kappa shape index (κ2) is 7.00. The van der Waals surface area contributed by atoms with E-state index in [1.807, 2.05) is 36.4 Å². The molecular formula is C20H13ClN4O2S. The van der Waals surface area contributed by atoms with Crippen molar-refractivity contribution in [1.82, 2.24) is 9.97 Å². The van der Waals surface area contributed by atoms with Gasteiger partial charge >= 0.3 is 0 Å². The summed E-state index contributed by atoms with van der Waals surface area (Å²) < 4.78 is 28.0. The third kappa shape index (κ3) is 3.31. The van der Waals surface area contributed by atoms with Gasteiger partial charge in [0.15, 0.2) is 0 Å². The van der Waals surface area contributed by atoms with E-state index >= 15 is 0 Å². The number of anilines is 1. The lowest BCUT2D eigenvalue weighted by atomic mass is 10.2. The molecule has 1 aromatic heterocycles. The van der Waals surface area contributed by atoms with E-state index in [1.165, 1.54) is 24.3 Å². The van der Waals surface area contributed by atoms with E-state index in [-0.39, 0.29) is 21.2 Å². The van der Waals surface area contributed by atoms with Crippen molar-refractivity contribution in [3.63, 3.8) is 0 Å². The topological polar surface area (TPSA) is 98.6 Å². The molecule has 0 aliphatic carbocycles. The molecular weight excluding hydrogens is 396 g/mol. The van der Waals surface area contributed by atoms with E-state index in [2.05, 4.69) is 14.7 Å². The number of aromatic amines is 1. The van der Waals surface area contributed by atoms with E-state index in [9.17, 15) is 13.7 Å². The maximum absolute atomic E-state index is 12.8. The standard InChI is InChI=1S/C20H13ClN4O2S/c21-16-7-4-8-17(15(16)12-22)25-28(26,27)14-9-10-18-19(11-14)24-20(23-18)13-5-2-1-3-6-13/h1-11,25H,(H,23,24). The number of nitriles is 1. The molecule has 0 radical (unpaired) electrons. The van der Waals surface area contributed by atoms with Gasteiger partial charge < -0.3 is 4.98 Å². The van der Waals surface area contributed by atoms with Gasteiger partial charge in [-0.05, 0) is 30.3 Å². The van der Waals surface area contributed by atoms with Crippen molar-refractivity contribution in [2.45, 2.75) is 4.90 Å². The van der Waals surface area contributed by atoms with Crippen LogP contribution in [0.4, 0.5) is 5.69 Å². The van der Waals surface area contributed by atoms with Crippen LogP contribution in [0.1, 0.15) is 5.56 Å². The fraction of sp³-hybridized carbons (Fsp3) is 0. The van der Waals surface area contributed by atoms with Gasteiger partial charge in [-0.3, -0.25) is 4.72 Å². The molecule has 0 aliphatic rings. The molecule has 0 aliphatic heterocycles. The first-order valence-electron chi connectivity index (χ1n) is 8.24. The Bertz CT molecular complexity index is 1330. The molecule has 4 rings (SSSR count). The summed E-state index contributed by atoms with van der Waals surface area (Å²) in [4.78, 5) is 7.69. The summed E-state index contributed by atoms with van der Waals surface area (Å²) in [6, 6.07) is 20.7. The number of hydrogen-bond acceptors (Lipinski definition) is 4. The Hall–Kier alpha value is -3.34. The van der Waals surface area contributed by atoms with Crippen molar-refractivity contribution in [3.05, 3.63) is 77.3 Å². The van der Waals surface area contributed by atoms with Crippen molar-refractivity contribution < 1.29 is 8.42 Å². The molecule has 0 saturated heterocycles. The van der Waals surface area contributed by atoms with E-state index in [0.717, 1.165) is 5.56 Å².